The fraction of sp³-hybridized carbons (Fsp3) is 0.850. The molecule has 4 rings (SSSR count). The van der Waals surface area contributed by atoms with E-state index >= 15 is 0 Å². The molecule has 2 saturated carbocycles. The summed E-state index contributed by atoms with van der Waals surface area (Å²) in [5, 5.41) is 30.6. The van der Waals surface area contributed by atoms with Crippen LogP contribution < -0.4 is 0 Å². The summed E-state index contributed by atoms with van der Waals surface area (Å²) in [6, 6.07) is 0.153. The van der Waals surface area contributed by atoms with E-state index in [0.717, 1.165) is 38.5 Å². The summed E-state index contributed by atoms with van der Waals surface area (Å²) in [4.78, 5) is 13.9. The monoisotopic (exact) mass is 349 g/mol. The van der Waals surface area contributed by atoms with Gasteiger partial charge in [-0.15, -0.1) is 0 Å². The van der Waals surface area contributed by atoms with Crippen LogP contribution in [0.25, 0.3) is 0 Å². The largest absolute Gasteiger partial charge is 0.480 e. The molecule has 2 heterocycles. The zero-order valence-electron chi connectivity index (χ0n) is 14.8. The predicted molar refractivity (Wildman–Crippen MR) is 94.0 cm³/mol. The van der Waals surface area contributed by atoms with Crippen molar-refractivity contribution in [3.05, 3.63) is 12.2 Å². The molecule has 3 N–H and O–H groups in total. The lowest BCUT2D eigenvalue weighted by Crippen LogP contribution is -2.51. The van der Waals surface area contributed by atoms with Gasteiger partial charge in [-0.2, -0.15) is 0 Å². The van der Waals surface area contributed by atoms with Crippen molar-refractivity contribution in [1.29, 1.82) is 0 Å². The fourth-order valence-corrected chi connectivity index (χ4v) is 6.15. The van der Waals surface area contributed by atoms with Crippen molar-refractivity contribution in [3.63, 3.8) is 0 Å². The van der Waals surface area contributed by atoms with Crippen LogP contribution in [0.1, 0.15) is 57.8 Å². The van der Waals surface area contributed by atoms with E-state index in [0.29, 0.717) is 24.3 Å². The molecule has 5 heteroatoms. The molecule has 0 spiro atoms. The number of aliphatic hydroxyl groups excluding tert-OH is 2. The first-order valence-electron chi connectivity index (χ1n) is 10.1. The molecule has 0 bridgehead atoms. The van der Waals surface area contributed by atoms with Gasteiger partial charge in [0.2, 0.25) is 0 Å². The van der Waals surface area contributed by atoms with Crippen LogP contribution in [-0.4, -0.2) is 56.5 Å². The summed E-state index contributed by atoms with van der Waals surface area (Å²) in [5.74, 6) is 0.0421. The van der Waals surface area contributed by atoms with Crippen LogP contribution in [-0.2, 0) is 4.79 Å². The van der Waals surface area contributed by atoms with Crippen molar-refractivity contribution in [3.8, 4) is 0 Å². The number of piperidine rings is 1. The Labute approximate surface area is 149 Å². The third kappa shape index (κ3) is 3.15. The summed E-state index contributed by atoms with van der Waals surface area (Å²) >= 11 is 0. The third-order valence-electron chi connectivity index (χ3n) is 7.34. The molecular weight excluding hydrogens is 318 g/mol. The fourth-order valence-electron chi connectivity index (χ4n) is 6.15. The molecule has 5 nitrogen and oxygen atoms in total. The summed E-state index contributed by atoms with van der Waals surface area (Å²) in [6.45, 7) is 0. The van der Waals surface area contributed by atoms with Gasteiger partial charge in [0, 0.05) is 18.0 Å². The van der Waals surface area contributed by atoms with Crippen molar-refractivity contribution < 1.29 is 20.1 Å². The van der Waals surface area contributed by atoms with Crippen LogP contribution in [0, 0.1) is 17.8 Å². The first-order chi connectivity index (χ1) is 12.1. The summed E-state index contributed by atoms with van der Waals surface area (Å²) in [5.41, 5.74) is 0. The molecule has 4 fully saturated rings. The maximum Gasteiger partial charge on any atom is 0.320 e. The smallest absolute Gasteiger partial charge is 0.320 e. The lowest BCUT2D eigenvalue weighted by atomic mass is 9.88. The second kappa shape index (κ2) is 7.01. The van der Waals surface area contributed by atoms with Crippen molar-refractivity contribution in [2.45, 2.75) is 88.1 Å². The van der Waals surface area contributed by atoms with E-state index in [9.17, 15) is 20.1 Å². The number of hydrogen-bond acceptors (Lipinski definition) is 4. The van der Waals surface area contributed by atoms with Crippen LogP contribution in [0.4, 0.5) is 0 Å². The minimum atomic E-state index is -0.713. The van der Waals surface area contributed by atoms with Gasteiger partial charge in [-0.25, -0.2) is 0 Å². The lowest BCUT2D eigenvalue weighted by Gasteiger charge is -2.38. The van der Waals surface area contributed by atoms with Crippen molar-refractivity contribution in [2.75, 3.05) is 0 Å². The van der Waals surface area contributed by atoms with Crippen molar-refractivity contribution >= 4 is 5.97 Å². The van der Waals surface area contributed by atoms with E-state index in [4.69, 9.17) is 0 Å². The first-order valence-corrected chi connectivity index (χ1v) is 10.1. The number of aliphatic carboxylic acids is 1. The Bertz CT molecular complexity index is 530. The van der Waals surface area contributed by atoms with Crippen LogP contribution in [0.2, 0.25) is 0 Å². The van der Waals surface area contributed by atoms with E-state index in [2.05, 4.69) is 4.90 Å². The first kappa shape index (κ1) is 17.5. The molecule has 25 heavy (non-hydrogen) atoms. The van der Waals surface area contributed by atoms with Gasteiger partial charge < -0.3 is 15.3 Å². The summed E-state index contributed by atoms with van der Waals surface area (Å²) in [7, 11) is 0. The highest BCUT2D eigenvalue weighted by Gasteiger charge is 2.54. The minimum absolute atomic E-state index is 0.0566. The third-order valence-corrected chi connectivity index (χ3v) is 7.34. The van der Waals surface area contributed by atoms with Gasteiger partial charge in [0.1, 0.15) is 6.04 Å². The molecule has 0 amide bonds. The maximum atomic E-state index is 11.7. The average molecular weight is 349 g/mol. The number of nitrogens with zero attached hydrogens (tertiary/aromatic N) is 1. The van der Waals surface area contributed by atoms with E-state index < -0.39 is 18.2 Å². The normalized spacial score (nSPS) is 43.4. The molecule has 0 aromatic rings. The number of carboxylic acids is 1. The molecule has 2 aliphatic carbocycles. The molecule has 140 valence electrons. The van der Waals surface area contributed by atoms with Crippen LogP contribution in [0.15, 0.2) is 12.2 Å². The number of carboxylic acid groups (broad SMARTS) is 1. The van der Waals surface area contributed by atoms with E-state index in [1.165, 1.54) is 12.8 Å². The van der Waals surface area contributed by atoms with Crippen molar-refractivity contribution in [1.82, 2.24) is 4.90 Å². The quantitative estimate of drug-likeness (QED) is 0.678. The highest BCUT2D eigenvalue weighted by atomic mass is 16.4. The molecule has 2 aliphatic heterocycles. The van der Waals surface area contributed by atoms with Crippen LogP contribution in [0.5, 0.6) is 0 Å². The Hall–Kier alpha value is -0.910. The van der Waals surface area contributed by atoms with Crippen molar-refractivity contribution in [2.24, 2.45) is 17.8 Å². The van der Waals surface area contributed by atoms with E-state index in [1.807, 2.05) is 12.2 Å². The zero-order chi connectivity index (χ0) is 17.6. The highest BCUT2D eigenvalue weighted by molar-refractivity contribution is 5.73. The van der Waals surface area contributed by atoms with Gasteiger partial charge in [0.15, 0.2) is 0 Å². The standard InChI is InChI=1S/C20H31NO4/c22-18(12-4-1-2-5-12)9-8-14-15-10-13-6-3-7-16(20(24)25)21(13)17(15)11-19(14)23/h8-9,12-19,22-23H,1-7,10-11H2,(H,24,25)/b9-8+/t13?,14-,15-,16?,17-,18+,19-/m1/s1. The highest BCUT2D eigenvalue weighted by Crippen LogP contribution is 2.49. The average Bonchev–Trinajstić information content (AvgIpc) is 3.28. The second-order valence-electron chi connectivity index (χ2n) is 8.65. The molecular formula is C20H31NO4. The van der Waals surface area contributed by atoms with Gasteiger partial charge in [-0.05, 0) is 56.8 Å². The molecule has 2 saturated heterocycles. The van der Waals surface area contributed by atoms with Gasteiger partial charge in [-0.3, -0.25) is 9.69 Å². The number of aliphatic hydroxyl groups is 2. The number of hydrogen-bond donors (Lipinski definition) is 3. The predicted octanol–water partition coefficient (Wildman–Crippen LogP) is 2.17. The SMILES string of the molecule is O=C(O)C1CCCC2C[C@@H]3[C@@H](/C=C/[C@H](O)C4CCCC4)[C@H](O)C[C@H]3N21. The van der Waals surface area contributed by atoms with Crippen LogP contribution in [0.3, 0.4) is 0 Å². The van der Waals surface area contributed by atoms with Gasteiger partial charge in [0.05, 0.1) is 12.2 Å². The number of fused-ring (bicyclic) bond motifs is 3. The second-order valence-corrected chi connectivity index (χ2v) is 8.65. The number of rotatable bonds is 4. The van der Waals surface area contributed by atoms with Gasteiger partial charge >= 0.3 is 5.97 Å². The summed E-state index contributed by atoms with van der Waals surface area (Å²) in [6.07, 6.45) is 12.2. The molecule has 7 atom stereocenters. The Morgan fingerprint density at radius 3 is 2.56 bits per heavy atom. The molecule has 0 radical (unpaired) electrons. The minimum Gasteiger partial charge on any atom is -0.480 e. The Morgan fingerprint density at radius 2 is 1.84 bits per heavy atom. The lowest BCUT2D eigenvalue weighted by molar-refractivity contribution is -0.146. The molecule has 0 aromatic heterocycles. The Balaban J connectivity index is 1.47. The maximum absolute atomic E-state index is 11.7. The van der Waals surface area contributed by atoms with E-state index in [1.54, 1.807) is 0 Å². The zero-order valence-corrected chi connectivity index (χ0v) is 14.8. The molecule has 4 aliphatic rings. The molecule has 0 aromatic carbocycles. The number of carbonyl (C=O) groups is 1. The van der Waals surface area contributed by atoms with Gasteiger partial charge in [-0.1, -0.05) is 25.0 Å². The summed E-state index contributed by atoms with van der Waals surface area (Å²) < 4.78 is 0. The Morgan fingerprint density at radius 1 is 1.08 bits per heavy atom. The van der Waals surface area contributed by atoms with Gasteiger partial charge in [0.25, 0.3) is 0 Å². The van der Waals surface area contributed by atoms with E-state index in [-0.39, 0.29) is 18.0 Å². The topological polar surface area (TPSA) is 81.0 Å². The molecule has 2 unspecified atom stereocenters. The Kier molecular flexibility index (Phi) is 4.91. The van der Waals surface area contributed by atoms with Crippen LogP contribution >= 0.6 is 0 Å².